The molecule has 0 spiro atoms. The van der Waals surface area contributed by atoms with Crippen LogP contribution in [0.15, 0.2) is 6.33 Å². The maximum atomic E-state index is 8.36. The molecule has 0 aliphatic heterocycles. The summed E-state index contributed by atoms with van der Waals surface area (Å²) in [5, 5.41) is 17.7. The van der Waals surface area contributed by atoms with Crippen molar-refractivity contribution in [1.29, 1.82) is 0 Å². The molecule has 0 amide bonds. The third-order valence-electron chi connectivity index (χ3n) is 1.18. The van der Waals surface area contributed by atoms with Crippen LogP contribution in [0.3, 0.4) is 0 Å². The second-order valence-electron chi connectivity index (χ2n) is 2.32. The molecule has 0 saturated heterocycles. The van der Waals surface area contributed by atoms with Crippen LogP contribution in [0.4, 0.5) is 0 Å². The first kappa shape index (κ1) is 12.3. The van der Waals surface area contributed by atoms with Crippen molar-refractivity contribution >= 4 is 0 Å². The largest absolute Gasteiger partial charge is 0.384 e. The van der Waals surface area contributed by atoms with Crippen LogP contribution in [0, 0.1) is 10.1 Å². The van der Waals surface area contributed by atoms with E-state index in [0.29, 0.717) is 6.61 Å². The van der Waals surface area contributed by atoms with Crippen LogP contribution >= 0.6 is 0 Å². The average Bonchev–Trinajstić information content (AvgIpc) is 2.47. The third kappa shape index (κ3) is 6.98. The van der Waals surface area contributed by atoms with Gasteiger partial charge in [-0.2, -0.15) is 5.10 Å². The van der Waals surface area contributed by atoms with Crippen molar-refractivity contribution in [2.45, 2.75) is 6.42 Å². The molecule has 8 nitrogen and oxygen atoms in total. The van der Waals surface area contributed by atoms with Gasteiger partial charge in [-0.05, 0) is 0 Å². The number of nitrogens with zero attached hydrogens (tertiary/aromatic N) is 4. The molecule has 1 aromatic rings. The second-order valence-corrected chi connectivity index (χ2v) is 2.32. The van der Waals surface area contributed by atoms with Gasteiger partial charge in [0.1, 0.15) is 6.33 Å². The van der Waals surface area contributed by atoms with Gasteiger partial charge in [-0.15, -0.1) is 10.1 Å². The van der Waals surface area contributed by atoms with Gasteiger partial charge in [-0.3, -0.25) is 4.68 Å². The molecule has 0 fully saturated rings. The first-order valence-electron chi connectivity index (χ1n) is 3.73. The highest BCUT2D eigenvalue weighted by atomic mass is 16.9. The lowest BCUT2D eigenvalue weighted by Crippen LogP contribution is -1.97. The van der Waals surface area contributed by atoms with Gasteiger partial charge in [0.15, 0.2) is 5.82 Å². The van der Waals surface area contributed by atoms with E-state index in [0.717, 1.165) is 12.2 Å². The van der Waals surface area contributed by atoms with E-state index in [9.17, 15) is 0 Å². The van der Waals surface area contributed by atoms with Gasteiger partial charge in [-0.1, -0.05) is 0 Å². The van der Waals surface area contributed by atoms with E-state index in [4.69, 9.17) is 20.1 Å². The first-order valence-corrected chi connectivity index (χ1v) is 3.73. The Morgan fingerprint density at radius 3 is 2.71 bits per heavy atom. The van der Waals surface area contributed by atoms with Crippen molar-refractivity contribution < 1.29 is 15.0 Å². The van der Waals surface area contributed by atoms with Crippen molar-refractivity contribution in [2.75, 3.05) is 13.7 Å². The Hall–Kier alpha value is -1.70. The Bertz CT molecular complexity index is 271. The summed E-state index contributed by atoms with van der Waals surface area (Å²) in [6.07, 6.45) is 2.47. The molecule has 80 valence electrons. The fourth-order valence-electron chi connectivity index (χ4n) is 0.692. The highest BCUT2D eigenvalue weighted by molar-refractivity contribution is 4.80. The lowest BCUT2D eigenvalue weighted by Gasteiger charge is -1.91. The first-order chi connectivity index (χ1) is 6.56. The fraction of sp³-hybridized carbons (Fsp3) is 0.667. The Morgan fingerprint density at radius 2 is 2.36 bits per heavy atom. The summed E-state index contributed by atoms with van der Waals surface area (Å²) >= 11 is 0. The topological polar surface area (TPSA) is 103 Å². The Labute approximate surface area is 80.2 Å². The van der Waals surface area contributed by atoms with E-state index < -0.39 is 5.09 Å². The molecule has 1 heterocycles. The Kier molecular flexibility index (Phi) is 5.95. The summed E-state index contributed by atoms with van der Waals surface area (Å²) in [5.74, 6) is 0.837. The summed E-state index contributed by atoms with van der Waals surface area (Å²) in [5.41, 5.74) is 0. The van der Waals surface area contributed by atoms with E-state index in [2.05, 4.69) is 10.1 Å². The SMILES string of the molecule is COCCc1ncn(C)n1.O=[N+]([O-])O. The number of ether oxygens (including phenoxy) is 1. The molecule has 0 bridgehead atoms. The van der Waals surface area contributed by atoms with Crippen molar-refractivity contribution in [3.05, 3.63) is 22.3 Å². The van der Waals surface area contributed by atoms with E-state index >= 15 is 0 Å². The van der Waals surface area contributed by atoms with Gasteiger partial charge in [0.2, 0.25) is 0 Å². The molecule has 0 radical (unpaired) electrons. The van der Waals surface area contributed by atoms with Crippen molar-refractivity contribution in [1.82, 2.24) is 14.8 Å². The molecule has 14 heavy (non-hydrogen) atoms. The number of rotatable bonds is 3. The van der Waals surface area contributed by atoms with Crippen LogP contribution in [0.25, 0.3) is 0 Å². The summed E-state index contributed by atoms with van der Waals surface area (Å²) in [4.78, 5) is 12.4. The van der Waals surface area contributed by atoms with Gasteiger partial charge in [0.25, 0.3) is 5.09 Å². The van der Waals surface area contributed by atoms with Crippen molar-refractivity contribution in [2.24, 2.45) is 7.05 Å². The smallest absolute Gasteiger partial charge is 0.291 e. The minimum absolute atomic E-state index is 0.685. The number of aryl methyl sites for hydroxylation is 1. The number of methoxy groups -OCH3 is 1. The monoisotopic (exact) mass is 204 g/mol. The van der Waals surface area contributed by atoms with Crippen molar-refractivity contribution in [3.63, 3.8) is 0 Å². The lowest BCUT2D eigenvalue weighted by molar-refractivity contribution is -0.742. The molecule has 0 aromatic carbocycles. The maximum absolute atomic E-state index is 8.36. The highest BCUT2D eigenvalue weighted by Crippen LogP contribution is 1.88. The molecule has 1 rings (SSSR count). The summed E-state index contributed by atoms with van der Waals surface area (Å²) < 4.78 is 6.55. The maximum Gasteiger partial charge on any atom is 0.291 e. The lowest BCUT2D eigenvalue weighted by atomic mass is 10.4. The highest BCUT2D eigenvalue weighted by Gasteiger charge is 1.95. The molecule has 1 N–H and O–H groups in total. The quantitative estimate of drug-likeness (QED) is 0.533. The van der Waals surface area contributed by atoms with Crippen LogP contribution in [0.1, 0.15) is 5.82 Å². The van der Waals surface area contributed by atoms with Crippen molar-refractivity contribution in [3.8, 4) is 0 Å². The van der Waals surface area contributed by atoms with Crippen LogP contribution in [-0.4, -0.2) is 38.8 Å². The molecule has 0 aliphatic carbocycles. The van der Waals surface area contributed by atoms with Gasteiger partial charge < -0.3 is 9.94 Å². The average molecular weight is 204 g/mol. The molecular formula is C6H12N4O4. The molecular weight excluding hydrogens is 192 g/mol. The minimum atomic E-state index is -1.50. The summed E-state index contributed by atoms with van der Waals surface area (Å²) in [7, 11) is 3.52. The van der Waals surface area contributed by atoms with Crippen LogP contribution < -0.4 is 0 Å². The molecule has 0 aliphatic rings. The standard InChI is InChI=1S/C6H11N3O.HNO3/c1-9-5-7-6(8-9)3-4-10-2;2-1(3)4/h5H,3-4H2,1-2H3;(H,2,3,4). The Balaban J connectivity index is 0.000000364. The number of aromatic nitrogens is 3. The van der Waals surface area contributed by atoms with E-state index in [1.54, 1.807) is 18.1 Å². The van der Waals surface area contributed by atoms with Gasteiger partial charge in [-0.25, -0.2) is 4.98 Å². The summed E-state index contributed by atoms with van der Waals surface area (Å²) in [6.45, 7) is 0.685. The van der Waals surface area contributed by atoms with E-state index in [-0.39, 0.29) is 0 Å². The van der Waals surface area contributed by atoms with Crippen LogP contribution in [0.2, 0.25) is 0 Å². The van der Waals surface area contributed by atoms with Gasteiger partial charge in [0.05, 0.1) is 6.61 Å². The zero-order valence-electron chi connectivity index (χ0n) is 7.95. The number of hydrogen-bond donors (Lipinski definition) is 1. The number of hydrogen-bond acceptors (Lipinski definition) is 5. The predicted molar refractivity (Wildman–Crippen MR) is 45.4 cm³/mol. The summed E-state index contributed by atoms with van der Waals surface area (Å²) in [6, 6.07) is 0. The molecule has 0 atom stereocenters. The van der Waals surface area contributed by atoms with E-state index in [1.807, 2.05) is 7.05 Å². The third-order valence-corrected chi connectivity index (χ3v) is 1.18. The zero-order chi connectivity index (χ0) is 11.0. The van der Waals surface area contributed by atoms with Gasteiger partial charge in [0, 0.05) is 20.6 Å². The Morgan fingerprint density at radius 1 is 1.79 bits per heavy atom. The zero-order valence-corrected chi connectivity index (χ0v) is 7.95. The van der Waals surface area contributed by atoms with Crippen LogP contribution in [0.5, 0.6) is 0 Å². The molecule has 1 aromatic heterocycles. The second kappa shape index (κ2) is 6.78. The van der Waals surface area contributed by atoms with E-state index in [1.165, 1.54) is 0 Å². The predicted octanol–water partition coefficient (Wildman–Crippen LogP) is -0.344. The minimum Gasteiger partial charge on any atom is -0.384 e. The fourth-order valence-corrected chi connectivity index (χ4v) is 0.692. The normalized spacial score (nSPS) is 9.00. The molecule has 8 heteroatoms. The van der Waals surface area contributed by atoms with Crippen LogP contribution in [-0.2, 0) is 18.2 Å². The van der Waals surface area contributed by atoms with Gasteiger partial charge >= 0.3 is 0 Å². The molecule has 0 saturated carbocycles. The molecule has 0 unspecified atom stereocenters.